The maximum atomic E-state index is 12.7. The lowest BCUT2D eigenvalue weighted by atomic mass is 9.83. The van der Waals surface area contributed by atoms with Crippen LogP contribution in [-0.4, -0.2) is 72.8 Å². The monoisotopic (exact) mass is 481 g/mol. The van der Waals surface area contributed by atoms with Crippen LogP contribution in [0.15, 0.2) is 41.2 Å². The van der Waals surface area contributed by atoms with Gasteiger partial charge in [-0.15, -0.1) is 0 Å². The molecule has 1 amide bonds. The normalized spacial score (nSPS) is 21.9. The molecule has 2 atom stereocenters. The van der Waals surface area contributed by atoms with Crippen molar-refractivity contribution in [2.75, 3.05) is 57.4 Å². The van der Waals surface area contributed by atoms with Crippen molar-refractivity contribution in [1.29, 1.82) is 0 Å². The number of aromatic nitrogens is 1. The quantitative estimate of drug-likeness (QED) is 0.365. The van der Waals surface area contributed by atoms with Crippen LogP contribution in [0.5, 0.6) is 0 Å². The van der Waals surface area contributed by atoms with E-state index in [1.807, 2.05) is 15.5 Å². The molecule has 0 radical (unpaired) electrons. The van der Waals surface area contributed by atoms with Crippen LogP contribution in [0.1, 0.15) is 34.8 Å². The third-order valence-electron chi connectivity index (χ3n) is 7.30. The fraction of sp³-hybridized carbons (Fsp3) is 0.520. The van der Waals surface area contributed by atoms with Crippen molar-refractivity contribution in [3.8, 4) is 0 Å². The van der Waals surface area contributed by atoms with E-state index in [1.54, 1.807) is 24.3 Å². The first kappa shape index (κ1) is 23.5. The Morgan fingerprint density at radius 2 is 1.97 bits per heavy atom. The van der Waals surface area contributed by atoms with Crippen molar-refractivity contribution in [2.24, 2.45) is 5.92 Å². The van der Waals surface area contributed by atoms with Crippen molar-refractivity contribution < 1.29 is 14.5 Å². The van der Waals surface area contributed by atoms with Gasteiger partial charge < -0.3 is 19.5 Å². The molecule has 0 aliphatic carbocycles. The third-order valence-corrected chi connectivity index (χ3v) is 7.30. The molecular weight excluding hydrogens is 450 g/mol. The summed E-state index contributed by atoms with van der Waals surface area (Å²) in [6.07, 6.45) is 1.78. The lowest BCUT2D eigenvalue weighted by molar-refractivity contribution is -0.384. The van der Waals surface area contributed by atoms with Gasteiger partial charge in [0.15, 0.2) is 0 Å². The van der Waals surface area contributed by atoms with Crippen molar-refractivity contribution >= 4 is 17.3 Å². The summed E-state index contributed by atoms with van der Waals surface area (Å²) in [6.45, 7) is 6.57. The maximum Gasteiger partial charge on any atom is 0.293 e. The number of anilines is 1. The highest BCUT2D eigenvalue weighted by molar-refractivity contribution is 5.95. The summed E-state index contributed by atoms with van der Waals surface area (Å²) in [6, 6.07) is 10.1. The summed E-state index contributed by atoms with van der Waals surface area (Å²) in [5.41, 5.74) is 1.77. The molecule has 5 rings (SSSR count). The second-order valence-electron chi connectivity index (χ2n) is 9.63. The fourth-order valence-electron chi connectivity index (χ4n) is 5.60. The minimum Gasteiger partial charge on any atom is -0.379 e. The largest absolute Gasteiger partial charge is 0.379 e. The second-order valence-corrected chi connectivity index (χ2v) is 9.63. The zero-order valence-corrected chi connectivity index (χ0v) is 19.7. The number of hydrogen-bond acceptors (Lipinski definition) is 7. The van der Waals surface area contributed by atoms with Gasteiger partial charge in [0.05, 0.1) is 18.1 Å². The summed E-state index contributed by atoms with van der Waals surface area (Å²) in [7, 11) is 0. The first-order valence-electron chi connectivity index (χ1n) is 12.3. The van der Waals surface area contributed by atoms with Crippen LogP contribution in [0.4, 0.5) is 11.4 Å². The summed E-state index contributed by atoms with van der Waals surface area (Å²) in [5.74, 6) is 0.0892. The van der Waals surface area contributed by atoms with E-state index >= 15 is 0 Å². The van der Waals surface area contributed by atoms with Gasteiger partial charge in [-0.2, -0.15) is 0 Å². The molecule has 186 valence electrons. The van der Waals surface area contributed by atoms with E-state index in [-0.39, 0.29) is 29.0 Å². The van der Waals surface area contributed by atoms with Crippen molar-refractivity contribution in [3.63, 3.8) is 0 Å². The topological polar surface area (TPSA) is 110 Å². The lowest BCUT2D eigenvalue weighted by Gasteiger charge is -2.43. The molecule has 10 heteroatoms. The number of rotatable bonds is 7. The number of piperidine rings is 1. The van der Waals surface area contributed by atoms with Crippen LogP contribution < -0.4 is 15.8 Å². The van der Waals surface area contributed by atoms with E-state index in [1.165, 1.54) is 6.07 Å². The third kappa shape index (κ3) is 5.08. The van der Waals surface area contributed by atoms with Gasteiger partial charge in [-0.05, 0) is 43.5 Å². The Bertz CT molecular complexity index is 1160. The number of carbonyl (C=O) groups is 1. The van der Waals surface area contributed by atoms with E-state index in [0.29, 0.717) is 37.4 Å². The van der Waals surface area contributed by atoms with Crippen LogP contribution in [-0.2, 0) is 11.3 Å². The molecule has 0 saturated carbocycles. The standard InChI is InChI=1S/C25H31N5O5/c31-24-4-1-3-21-20-13-18(16-29(21)24)15-28(17-20)22-6-5-19(14-23(22)30(33)34)25(32)26-7-2-8-27-9-11-35-12-10-27/h1,3-6,14,18,20H,2,7-13,15-17H2,(H,26,32)/t18-,20+/m1/s1. The number of nitro benzene ring substituents is 1. The predicted molar refractivity (Wildman–Crippen MR) is 131 cm³/mol. The Hall–Kier alpha value is -3.24. The molecule has 1 aromatic heterocycles. The number of ether oxygens (including phenoxy) is 1. The van der Waals surface area contributed by atoms with Gasteiger partial charge in [0.1, 0.15) is 5.69 Å². The fourth-order valence-corrected chi connectivity index (χ4v) is 5.60. The molecule has 1 N–H and O–H groups in total. The number of nitrogens with zero attached hydrogens (tertiary/aromatic N) is 4. The first-order valence-corrected chi connectivity index (χ1v) is 12.3. The number of benzene rings is 1. The Labute approximate surface area is 203 Å². The zero-order valence-electron chi connectivity index (χ0n) is 19.7. The highest BCUT2D eigenvalue weighted by Crippen LogP contribution is 2.39. The molecule has 0 unspecified atom stereocenters. The van der Waals surface area contributed by atoms with Crippen molar-refractivity contribution in [1.82, 2.24) is 14.8 Å². The molecule has 0 spiro atoms. The van der Waals surface area contributed by atoms with Gasteiger partial charge in [-0.25, -0.2) is 0 Å². The molecule has 1 aromatic carbocycles. The van der Waals surface area contributed by atoms with Gasteiger partial charge in [0.25, 0.3) is 17.2 Å². The van der Waals surface area contributed by atoms with Crippen LogP contribution in [0.25, 0.3) is 0 Å². The molecule has 3 aliphatic heterocycles. The predicted octanol–water partition coefficient (Wildman–Crippen LogP) is 1.83. The molecule has 3 aliphatic rings. The minimum absolute atomic E-state index is 0.0111. The van der Waals surface area contributed by atoms with E-state index in [9.17, 15) is 19.7 Å². The van der Waals surface area contributed by atoms with Crippen LogP contribution in [0.2, 0.25) is 0 Å². The molecule has 4 heterocycles. The molecule has 2 bridgehead atoms. The molecule has 2 fully saturated rings. The average Bonchev–Trinajstić information content (AvgIpc) is 2.87. The molecular formula is C25H31N5O5. The van der Waals surface area contributed by atoms with Gasteiger partial charge in [-0.3, -0.25) is 24.6 Å². The number of morpholine rings is 1. The van der Waals surface area contributed by atoms with Gasteiger partial charge in [0.2, 0.25) is 0 Å². The molecule has 2 aromatic rings. The Kier molecular flexibility index (Phi) is 6.83. The number of nitro groups is 1. The van der Waals surface area contributed by atoms with Crippen molar-refractivity contribution in [2.45, 2.75) is 25.3 Å². The van der Waals surface area contributed by atoms with Crippen LogP contribution in [0.3, 0.4) is 0 Å². The van der Waals surface area contributed by atoms with E-state index in [2.05, 4.69) is 10.2 Å². The minimum atomic E-state index is -0.409. The SMILES string of the molecule is O=C(NCCCN1CCOCC1)c1ccc(N2C[C@H]3C[C@@H](C2)c2cccc(=O)n2C3)c([N+](=O)[O-])c1. The zero-order chi connectivity index (χ0) is 24.4. The van der Waals surface area contributed by atoms with Crippen LogP contribution in [0, 0.1) is 16.0 Å². The second kappa shape index (κ2) is 10.2. The summed E-state index contributed by atoms with van der Waals surface area (Å²) < 4.78 is 7.19. The van der Waals surface area contributed by atoms with E-state index in [4.69, 9.17) is 4.74 Å². The smallest absolute Gasteiger partial charge is 0.293 e. The average molecular weight is 482 g/mol. The van der Waals surface area contributed by atoms with Gasteiger partial charge >= 0.3 is 0 Å². The maximum absolute atomic E-state index is 12.7. The van der Waals surface area contributed by atoms with Crippen LogP contribution >= 0.6 is 0 Å². The number of amides is 1. The Balaban J connectivity index is 1.26. The first-order chi connectivity index (χ1) is 17.0. The number of fused-ring (bicyclic) bond motifs is 4. The number of pyridine rings is 1. The number of carbonyl (C=O) groups excluding carboxylic acids is 1. The van der Waals surface area contributed by atoms with E-state index < -0.39 is 4.92 Å². The van der Waals surface area contributed by atoms with E-state index in [0.717, 1.165) is 51.4 Å². The summed E-state index contributed by atoms with van der Waals surface area (Å²) >= 11 is 0. The Morgan fingerprint density at radius 1 is 1.14 bits per heavy atom. The number of nitrogens with one attached hydrogen (secondary N) is 1. The number of hydrogen-bond donors (Lipinski definition) is 1. The van der Waals surface area contributed by atoms with Gasteiger partial charge in [-0.1, -0.05) is 6.07 Å². The highest BCUT2D eigenvalue weighted by Gasteiger charge is 2.36. The molecule has 10 nitrogen and oxygen atoms in total. The van der Waals surface area contributed by atoms with Crippen molar-refractivity contribution in [3.05, 3.63) is 68.1 Å². The Morgan fingerprint density at radius 3 is 2.77 bits per heavy atom. The molecule has 35 heavy (non-hydrogen) atoms. The summed E-state index contributed by atoms with van der Waals surface area (Å²) in [5, 5.41) is 14.8. The highest BCUT2D eigenvalue weighted by atomic mass is 16.6. The lowest BCUT2D eigenvalue weighted by Crippen LogP contribution is -2.47. The van der Waals surface area contributed by atoms with Gasteiger partial charge in [0, 0.05) is 68.6 Å². The molecule has 2 saturated heterocycles. The summed E-state index contributed by atoms with van der Waals surface area (Å²) in [4.78, 5) is 40.8.